The molecule has 2 rings (SSSR count). The second-order valence-corrected chi connectivity index (χ2v) is 5.16. The average molecular weight is 299 g/mol. The van der Waals surface area contributed by atoms with Gasteiger partial charge in [-0.05, 0) is 36.8 Å². The van der Waals surface area contributed by atoms with Gasteiger partial charge in [0.2, 0.25) is 5.91 Å². The van der Waals surface area contributed by atoms with Gasteiger partial charge in [-0.2, -0.15) is 0 Å². The molecule has 0 fully saturated rings. The highest BCUT2D eigenvalue weighted by Gasteiger charge is 2.04. The molecule has 0 aliphatic rings. The van der Waals surface area contributed by atoms with Gasteiger partial charge >= 0.3 is 0 Å². The molecular weight excluding hydrogens is 278 g/mol. The summed E-state index contributed by atoms with van der Waals surface area (Å²) in [5.74, 6) is 1.50. The minimum absolute atomic E-state index is 0.0218. The van der Waals surface area contributed by atoms with Crippen LogP contribution in [0.2, 0.25) is 0 Å². The molecule has 0 heterocycles. The van der Waals surface area contributed by atoms with Crippen LogP contribution in [0.25, 0.3) is 0 Å². The quantitative estimate of drug-likeness (QED) is 0.854. The van der Waals surface area contributed by atoms with Crippen molar-refractivity contribution in [3.8, 4) is 11.5 Å². The molecule has 116 valence electrons. The molecule has 0 saturated heterocycles. The highest BCUT2D eigenvalue weighted by Crippen LogP contribution is 2.18. The van der Waals surface area contributed by atoms with E-state index in [0.717, 1.165) is 17.1 Å². The van der Waals surface area contributed by atoms with E-state index in [2.05, 4.69) is 5.32 Å². The lowest BCUT2D eigenvalue weighted by Gasteiger charge is -2.14. The van der Waals surface area contributed by atoms with Crippen molar-refractivity contribution in [1.29, 1.82) is 0 Å². The maximum absolute atomic E-state index is 10.9. The van der Waals surface area contributed by atoms with Gasteiger partial charge in [0.1, 0.15) is 24.7 Å². The van der Waals surface area contributed by atoms with E-state index in [-0.39, 0.29) is 11.9 Å². The first kappa shape index (κ1) is 15.9. The highest BCUT2D eigenvalue weighted by molar-refractivity contribution is 5.73. The number of nitrogens with one attached hydrogen (secondary N) is 1. The van der Waals surface area contributed by atoms with E-state index in [1.165, 1.54) is 6.92 Å². The van der Waals surface area contributed by atoms with Crippen LogP contribution in [0.3, 0.4) is 0 Å². The molecule has 0 spiro atoms. The third kappa shape index (κ3) is 5.48. The largest absolute Gasteiger partial charge is 0.491 e. The second-order valence-electron chi connectivity index (χ2n) is 5.16. The van der Waals surface area contributed by atoms with Gasteiger partial charge in [-0.3, -0.25) is 4.79 Å². The minimum Gasteiger partial charge on any atom is -0.491 e. The van der Waals surface area contributed by atoms with Crippen LogP contribution in [0.5, 0.6) is 11.5 Å². The molecule has 4 nitrogen and oxygen atoms in total. The SMILES string of the molecule is CC(=O)N[C@@H](C)COc1ccc(OCc2ccccc2)cc1. The van der Waals surface area contributed by atoms with Crippen LogP contribution in [-0.2, 0) is 11.4 Å². The Kier molecular flexibility index (Phi) is 5.83. The van der Waals surface area contributed by atoms with E-state index in [9.17, 15) is 4.79 Å². The van der Waals surface area contributed by atoms with Crippen LogP contribution in [0.15, 0.2) is 54.6 Å². The monoisotopic (exact) mass is 299 g/mol. The Morgan fingerprint density at radius 2 is 1.59 bits per heavy atom. The lowest BCUT2D eigenvalue weighted by Crippen LogP contribution is -2.35. The smallest absolute Gasteiger partial charge is 0.217 e. The lowest BCUT2D eigenvalue weighted by atomic mass is 10.2. The lowest BCUT2D eigenvalue weighted by molar-refractivity contribution is -0.119. The maximum atomic E-state index is 10.9. The number of amides is 1. The summed E-state index contributed by atoms with van der Waals surface area (Å²) >= 11 is 0. The Bertz CT molecular complexity index is 581. The zero-order valence-electron chi connectivity index (χ0n) is 12.9. The Morgan fingerprint density at radius 1 is 1.00 bits per heavy atom. The highest BCUT2D eigenvalue weighted by atomic mass is 16.5. The Balaban J connectivity index is 1.79. The summed E-state index contributed by atoms with van der Waals surface area (Å²) < 4.78 is 11.3. The van der Waals surface area contributed by atoms with E-state index in [4.69, 9.17) is 9.47 Å². The second kappa shape index (κ2) is 8.08. The molecule has 2 aromatic carbocycles. The first-order valence-corrected chi connectivity index (χ1v) is 7.30. The fraction of sp³-hybridized carbons (Fsp3) is 0.278. The number of rotatable bonds is 7. The van der Waals surface area contributed by atoms with E-state index < -0.39 is 0 Å². The fourth-order valence-electron chi connectivity index (χ4n) is 1.98. The first-order chi connectivity index (χ1) is 10.6. The summed E-state index contributed by atoms with van der Waals surface area (Å²) in [5, 5.41) is 2.77. The molecule has 1 atom stereocenters. The molecule has 0 aliphatic heterocycles. The maximum Gasteiger partial charge on any atom is 0.217 e. The number of hydrogen-bond acceptors (Lipinski definition) is 3. The van der Waals surface area contributed by atoms with Gasteiger partial charge in [0.25, 0.3) is 0 Å². The summed E-state index contributed by atoms with van der Waals surface area (Å²) in [6.07, 6.45) is 0. The van der Waals surface area contributed by atoms with Crippen molar-refractivity contribution in [2.24, 2.45) is 0 Å². The molecule has 22 heavy (non-hydrogen) atoms. The minimum atomic E-state index is -0.0549. The molecule has 1 amide bonds. The van der Waals surface area contributed by atoms with Gasteiger partial charge < -0.3 is 14.8 Å². The van der Waals surface area contributed by atoms with Crippen molar-refractivity contribution in [3.63, 3.8) is 0 Å². The summed E-state index contributed by atoms with van der Waals surface area (Å²) in [7, 11) is 0. The van der Waals surface area contributed by atoms with Gasteiger partial charge in [0.15, 0.2) is 0 Å². The molecule has 4 heteroatoms. The van der Waals surface area contributed by atoms with Crippen molar-refractivity contribution < 1.29 is 14.3 Å². The fourth-order valence-corrected chi connectivity index (χ4v) is 1.98. The summed E-state index contributed by atoms with van der Waals surface area (Å²) in [5.41, 5.74) is 1.13. The molecule has 0 aliphatic carbocycles. The van der Waals surface area contributed by atoms with Gasteiger partial charge in [-0.25, -0.2) is 0 Å². The molecule has 0 aromatic heterocycles. The number of carbonyl (C=O) groups excluding carboxylic acids is 1. The van der Waals surface area contributed by atoms with Gasteiger partial charge in [0.05, 0.1) is 6.04 Å². The zero-order valence-corrected chi connectivity index (χ0v) is 12.9. The standard InChI is InChI=1S/C18H21NO3/c1-14(19-15(2)20)12-21-17-8-10-18(11-9-17)22-13-16-6-4-3-5-7-16/h3-11,14H,12-13H2,1-2H3,(H,19,20)/t14-/m0/s1. The molecule has 0 radical (unpaired) electrons. The van der Waals surface area contributed by atoms with Crippen molar-refractivity contribution >= 4 is 5.91 Å². The number of ether oxygens (including phenoxy) is 2. The van der Waals surface area contributed by atoms with E-state index in [1.807, 2.05) is 61.5 Å². The third-order valence-corrected chi connectivity index (χ3v) is 3.02. The van der Waals surface area contributed by atoms with E-state index in [0.29, 0.717) is 13.2 Å². The number of benzene rings is 2. The summed E-state index contributed by atoms with van der Waals surface area (Å²) in [6, 6.07) is 17.5. The van der Waals surface area contributed by atoms with Crippen LogP contribution in [0.1, 0.15) is 19.4 Å². The van der Waals surface area contributed by atoms with Gasteiger partial charge in [0, 0.05) is 6.92 Å². The zero-order chi connectivity index (χ0) is 15.8. The summed E-state index contributed by atoms with van der Waals surface area (Å²) in [4.78, 5) is 10.9. The molecule has 0 bridgehead atoms. The molecule has 0 unspecified atom stereocenters. The normalized spacial score (nSPS) is 11.5. The topological polar surface area (TPSA) is 47.6 Å². The molecule has 0 saturated carbocycles. The van der Waals surface area contributed by atoms with Crippen LogP contribution in [-0.4, -0.2) is 18.6 Å². The van der Waals surface area contributed by atoms with Crippen LogP contribution >= 0.6 is 0 Å². The van der Waals surface area contributed by atoms with Gasteiger partial charge in [-0.1, -0.05) is 30.3 Å². The Labute approximate surface area is 131 Å². The Morgan fingerprint density at radius 3 is 2.18 bits per heavy atom. The number of hydrogen-bond donors (Lipinski definition) is 1. The van der Waals surface area contributed by atoms with Gasteiger partial charge in [-0.15, -0.1) is 0 Å². The Hall–Kier alpha value is -2.49. The number of carbonyl (C=O) groups is 1. The summed E-state index contributed by atoms with van der Waals surface area (Å²) in [6.45, 7) is 4.37. The van der Waals surface area contributed by atoms with Crippen LogP contribution in [0, 0.1) is 0 Å². The average Bonchev–Trinajstić information content (AvgIpc) is 2.52. The van der Waals surface area contributed by atoms with Crippen LogP contribution < -0.4 is 14.8 Å². The van der Waals surface area contributed by atoms with Crippen molar-refractivity contribution in [2.45, 2.75) is 26.5 Å². The molecule has 1 N–H and O–H groups in total. The van der Waals surface area contributed by atoms with Crippen LogP contribution in [0.4, 0.5) is 0 Å². The van der Waals surface area contributed by atoms with Crippen molar-refractivity contribution in [2.75, 3.05) is 6.61 Å². The molecular formula is C18H21NO3. The van der Waals surface area contributed by atoms with Crippen molar-refractivity contribution in [1.82, 2.24) is 5.32 Å². The molecule has 2 aromatic rings. The third-order valence-electron chi connectivity index (χ3n) is 3.02. The predicted octanol–water partition coefficient (Wildman–Crippen LogP) is 3.17. The van der Waals surface area contributed by atoms with Crippen molar-refractivity contribution in [3.05, 3.63) is 60.2 Å². The van der Waals surface area contributed by atoms with E-state index in [1.54, 1.807) is 0 Å². The van der Waals surface area contributed by atoms with E-state index >= 15 is 0 Å². The first-order valence-electron chi connectivity index (χ1n) is 7.30. The predicted molar refractivity (Wildman–Crippen MR) is 86.0 cm³/mol.